The second kappa shape index (κ2) is 9.66. The molecule has 0 aliphatic heterocycles. The Labute approximate surface area is 204 Å². The summed E-state index contributed by atoms with van der Waals surface area (Å²) in [6.07, 6.45) is 0. The zero-order valence-electron chi connectivity index (χ0n) is 20.6. The Morgan fingerprint density at radius 1 is 0.971 bits per heavy atom. The zero-order valence-corrected chi connectivity index (χ0v) is 20.6. The van der Waals surface area contributed by atoms with E-state index in [1.54, 1.807) is 37.4 Å². The number of ether oxygens (including phenoxy) is 2. The first-order valence-corrected chi connectivity index (χ1v) is 11.4. The van der Waals surface area contributed by atoms with E-state index in [1.165, 1.54) is 0 Å². The van der Waals surface area contributed by atoms with E-state index in [-0.39, 0.29) is 23.2 Å². The van der Waals surface area contributed by atoms with E-state index >= 15 is 0 Å². The summed E-state index contributed by atoms with van der Waals surface area (Å²) in [5, 5.41) is 3.16. The normalized spacial score (nSPS) is 11.3. The van der Waals surface area contributed by atoms with Crippen molar-refractivity contribution in [2.45, 2.75) is 33.1 Å². The van der Waals surface area contributed by atoms with Gasteiger partial charge in [0.1, 0.15) is 11.3 Å². The molecule has 0 bridgehead atoms. The lowest BCUT2D eigenvalue weighted by Gasteiger charge is -2.19. The highest BCUT2D eigenvalue weighted by Gasteiger charge is 2.20. The van der Waals surface area contributed by atoms with E-state index in [1.807, 2.05) is 43.3 Å². The van der Waals surface area contributed by atoms with Gasteiger partial charge in [0.05, 0.1) is 12.5 Å². The maximum atomic E-state index is 13.4. The Morgan fingerprint density at radius 2 is 1.66 bits per heavy atom. The van der Waals surface area contributed by atoms with Gasteiger partial charge in [-0.3, -0.25) is 9.59 Å². The van der Waals surface area contributed by atoms with Gasteiger partial charge in [-0.25, -0.2) is 0 Å². The number of carbonyl (C=O) groups is 1. The number of benzene rings is 3. The molecular formula is C29H29NO5. The van der Waals surface area contributed by atoms with E-state index in [4.69, 9.17) is 13.9 Å². The lowest BCUT2D eigenvalue weighted by molar-refractivity contribution is -0.118. The van der Waals surface area contributed by atoms with Gasteiger partial charge in [0.15, 0.2) is 12.4 Å². The van der Waals surface area contributed by atoms with Crippen LogP contribution in [0.15, 0.2) is 75.9 Å². The Kier molecular flexibility index (Phi) is 6.65. The number of nitrogens with one attached hydrogen (secondary N) is 1. The Morgan fingerprint density at radius 3 is 2.29 bits per heavy atom. The van der Waals surface area contributed by atoms with Crippen molar-refractivity contribution in [3.8, 4) is 22.8 Å². The maximum Gasteiger partial charge on any atom is 0.262 e. The number of methoxy groups -OCH3 is 1. The molecule has 35 heavy (non-hydrogen) atoms. The van der Waals surface area contributed by atoms with Crippen molar-refractivity contribution < 1.29 is 18.7 Å². The van der Waals surface area contributed by atoms with E-state index in [9.17, 15) is 9.59 Å². The van der Waals surface area contributed by atoms with Crippen molar-refractivity contribution in [2.24, 2.45) is 0 Å². The first-order valence-electron chi connectivity index (χ1n) is 11.4. The fraction of sp³-hybridized carbons (Fsp3) is 0.241. The van der Waals surface area contributed by atoms with Gasteiger partial charge in [-0.1, -0.05) is 51.1 Å². The van der Waals surface area contributed by atoms with Crippen LogP contribution in [0.25, 0.3) is 22.3 Å². The molecule has 4 rings (SSSR count). The summed E-state index contributed by atoms with van der Waals surface area (Å²) < 4.78 is 17.1. The number of hydrogen-bond donors (Lipinski definition) is 1. The third kappa shape index (κ3) is 5.38. The average Bonchev–Trinajstić information content (AvgIpc) is 2.83. The third-order valence-electron chi connectivity index (χ3n) is 5.74. The maximum absolute atomic E-state index is 13.4. The minimum Gasteiger partial charge on any atom is -0.497 e. The van der Waals surface area contributed by atoms with Crippen LogP contribution in [0.4, 0.5) is 5.69 Å². The molecule has 4 aromatic rings. The number of fused-ring (bicyclic) bond motifs is 1. The zero-order chi connectivity index (χ0) is 25.2. The van der Waals surface area contributed by atoms with Crippen molar-refractivity contribution in [3.05, 3.63) is 88.1 Å². The van der Waals surface area contributed by atoms with Crippen molar-refractivity contribution >= 4 is 22.6 Å². The van der Waals surface area contributed by atoms with Crippen LogP contribution >= 0.6 is 0 Å². The van der Waals surface area contributed by atoms with Gasteiger partial charge in [0.2, 0.25) is 11.2 Å². The fourth-order valence-corrected chi connectivity index (χ4v) is 3.74. The van der Waals surface area contributed by atoms with Crippen LogP contribution in [-0.2, 0) is 10.2 Å². The van der Waals surface area contributed by atoms with Crippen LogP contribution in [0.3, 0.4) is 0 Å². The van der Waals surface area contributed by atoms with E-state index in [2.05, 4.69) is 26.1 Å². The number of aryl methyl sites for hydroxylation is 1. The second-order valence-corrected chi connectivity index (χ2v) is 9.48. The van der Waals surface area contributed by atoms with E-state index in [0.717, 1.165) is 11.1 Å². The molecule has 1 amide bonds. The van der Waals surface area contributed by atoms with Crippen molar-refractivity contribution in [1.82, 2.24) is 0 Å². The molecule has 0 saturated heterocycles. The summed E-state index contributed by atoms with van der Waals surface area (Å²) in [4.78, 5) is 25.9. The Bertz CT molecular complexity index is 1410. The van der Waals surface area contributed by atoms with Gasteiger partial charge < -0.3 is 19.2 Å². The predicted octanol–water partition coefficient (Wildman–Crippen LogP) is 6.09. The number of rotatable bonds is 6. The summed E-state index contributed by atoms with van der Waals surface area (Å²) in [6.45, 7) is 8.00. The standard InChI is InChI=1S/C29H29NO5/c1-18-6-15-23-24(16-18)35-27(19-7-9-20(10-8-19)29(2,3)4)28(26(23)32)34-17-25(31)30-21-11-13-22(33-5)14-12-21/h6-16H,17H2,1-5H3,(H,30,31). The molecule has 6 heteroatoms. The number of carbonyl (C=O) groups excluding carboxylic acids is 1. The molecule has 3 aromatic carbocycles. The van der Waals surface area contributed by atoms with Crippen LogP contribution in [0.5, 0.6) is 11.5 Å². The highest BCUT2D eigenvalue weighted by Crippen LogP contribution is 2.33. The van der Waals surface area contributed by atoms with Crippen molar-refractivity contribution in [3.63, 3.8) is 0 Å². The van der Waals surface area contributed by atoms with Crippen molar-refractivity contribution in [2.75, 3.05) is 19.0 Å². The monoisotopic (exact) mass is 471 g/mol. The van der Waals surface area contributed by atoms with Crippen molar-refractivity contribution in [1.29, 1.82) is 0 Å². The highest BCUT2D eigenvalue weighted by atomic mass is 16.5. The number of anilines is 1. The lowest BCUT2D eigenvalue weighted by atomic mass is 9.86. The summed E-state index contributed by atoms with van der Waals surface area (Å²) >= 11 is 0. The van der Waals surface area contributed by atoms with Gasteiger partial charge in [-0.15, -0.1) is 0 Å². The summed E-state index contributed by atoms with van der Waals surface area (Å²) in [5.41, 5.74) is 3.56. The van der Waals surface area contributed by atoms with Gasteiger partial charge >= 0.3 is 0 Å². The summed E-state index contributed by atoms with van der Waals surface area (Å²) in [5.74, 6) is 0.596. The van der Waals surface area contributed by atoms with Gasteiger partial charge in [-0.2, -0.15) is 0 Å². The molecule has 180 valence electrons. The molecule has 0 atom stereocenters. The second-order valence-electron chi connectivity index (χ2n) is 9.48. The average molecular weight is 472 g/mol. The molecule has 1 N–H and O–H groups in total. The van der Waals surface area contributed by atoms with Crippen LogP contribution in [0.1, 0.15) is 31.9 Å². The minimum atomic E-state index is -0.396. The van der Waals surface area contributed by atoms with E-state index in [0.29, 0.717) is 33.7 Å². The van der Waals surface area contributed by atoms with E-state index < -0.39 is 5.91 Å². The quantitative estimate of drug-likeness (QED) is 0.368. The SMILES string of the molecule is COc1ccc(NC(=O)COc2c(-c3ccc(C(C)(C)C)cc3)oc3cc(C)ccc3c2=O)cc1. The first kappa shape index (κ1) is 24.1. The molecule has 0 aliphatic carbocycles. The molecule has 1 aromatic heterocycles. The molecular weight excluding hydrogens is 442 g/mol. The Hall–Kier alpha value is -4.06. The lowest BCUT2D eigenvalue weighted by Crippen LogP contribution is -2.22. The minimum absolute atomic E-state index is 0.00902. The smallest absolute Gasteiger partial charge is 0.262 e. The summed E-state index contributed by atoms with van der Waals surface area (Å²) in [7, 11) is 1.58. The van der Waals surface area contributed by atoms with Gasteiger partial charge in [0, 0.05) is 11.3 Å². The largest absolute Gasteiger partial charge is 0.497 e. The number of hydrogen-bond acceptors (Lipinski definition) is 5. The highest BCUT2D eigenvalue weighted by molar-refractivity contribution is 5.92. The molecule has 0 unspecified atom stereocenters. The first-order chi connectivity index (χ1) is 16.7. The fourth-order valence-electron chi connectivity index (χ4n) is 3.74. The Balaban J connectivity index is 1.67. The van der Waals surface area contributed by atoms with Crippen LogP contribution in [0, 0.1) is 6.92 Å². The molecule has 0 radical (unpaired) electrons. The van der Waals surface area contributed by atoms with Gasteiger partial charge in [0.25, 0.3) is 5.91 Å². The molecule has 6 nitrogen and oxygen atoms in total. The van der Waals surface area contributed by atoms with Crippen LogP contribution in [-0.4, -0.2) is 19.6 Å². The topological polar surface area (TPSA) is 77.8 Å². The van der Waals surface area contributed by atoms with Gasteiger partial charge in [-0.05, 0) is 59.9 Å². The molecule has 0 aliphatic rings. The molecule has 1 heterocycles. The van der Waals surface area contributed by atoms with Crippen LogP contribution in [0.2, 0.25) is 0 Å². The molecule has 0 spiro atoms. The third-order valence-corrected chi connectivity index (χ3v) is 5.74. The number of amides is 1. The predicted molar refractivity (Wildman–Crippen MR) is 138 cm³/mol. The summed E-state index contributed by atoms with van der Waals surface area (Å²) in [6, 6.07) is 20.2. The van der Waals surface area contributed by atoms with Crippen LogP contribution < -0.4 is 20.2 Å². The molecule has 0 fully saturated rings. The molecule has 0 saturated carbocycles.